The summed E-state index contributed by atoms with van der Waals surface area (Å²) in [6.07, 6.45) is 0.383. The highest BCUT2D eigenvalue weighted by Gasteiger charge is 2.21. The van der Waals surface area contributed by atoms with E-state index in [1.54, 1.807) is 7.11 Å². The molecule has 0 saturated heterocycles. The maximum absolute atomic E-state index is 12.2. The zero-order valence-electron chi connectivity index (χ0n) is 12.2. The van der Waals surface area contributed by atoms with Gasteiger partial charge in [0.2, 0.25) is 0 Å². The van der Waals surface area contributed by atoms with Crippen molar-refractivity contribution in [3.8, 4) is 11.1 Å². The molecular formula is C18H20O2. The fourth-order valence-corrected chi connectivity index (χ4v) is 2.04. The predicted molar refractivity (Wildman–Crippen MR) is 81.9 cm³/mol. The molecule has 0 aliphatic carbocycles. The molecule has 0 saturated carbocycles. The lowest BCUT2D eigenvalue weighted by Crippen LogP contribution is -2.26. The average molecular weight is 268 g/mol. The van der Waals surface area contributed by atoms with Crippen molar-refractivity contribution >= 4 is 5.78 Å². The summed E-state index contributed by atoms with van der Waals surface area (Å²) in [5, 5.41) is 0. The van der Waals surface area contributed by atoms with Gasteiger partial charge in [-0.3, -0.25) is 4.79 Å². The van der Waals surface area contributed by atoms with Crippen LogP contribution in [-0.4, -0.2) is 18.5 Å². The van der Waals surface area contributed by atoms with Crippen molar-refractivity contribution in [2.75, 3.05) is 7.11 Å². The first-order valence-electron chi connectivity index (χ1n) is 6.76. The van der Waals surface area contributed by atoms with Crippen LogP contribution in [0, 0.1) is 0 Å². The summed E-state index contributed by atoms with van der Waals surface area (Å²) < 4.78 is 5.30. The van der Waals surface area contributed by atoms with Crippen LogP contribution in [0.3, 0.4) is 0 Å². The van der Waals surface area contributed by atoms with Gasteiger partial charge in [0, 0.05) is 19.1 Å². The average Bonchev–Trinajstić information content (AvgIpc) is 2.48. The number of carbonyl (C=O) groups excluding carboxylic acids is 1. The fourth-order valence-electron chi connectivity index (χ4n) is 2.04. The Kier molecular flexibility index (Phi) is 4.35. The molecule has 2 heteroatoms. The first-order valence-corrected chi connectivity index (χ1v) is 6.76. The maximum Gasteiger partial charge on any atom is 0.165 e. The quantitative estimate of drug-likeness (QED) is 0.753. The number of benzene rings is 2. The van der Waals surface area contributed by atoms with Gasteiger partial charge in [-0.05, 0) is 25.0 Å². The molecule has 2 aromatic carbocycles. The Balaban J connectivity index is 2.15. The van der Waals surface area contributed by atoms with Crippen LogP contribution >= 0.6 is 0 Å². The molecule has 0 atom stereocenters. The lowest BCUT2D eigenvalue weighted by molar-refractivity contribution is 0.0172. The minimum Gasteiger partial charge on any atom is -0.378 e. The monoisotopic (exact) mass is 268 g/mol. The highest BCUT2D eigenvalue weighted by Crippen LogP contribution is 2.21. The van der Waals surface area contributed by atoms with Crippen LogP contribution in [0.4, 0.5) is 0 Å². The number of methoxy groups -OCH3 is 1. The highest BCUT2D eigenvalue weighted by atomic mass is 16.5. The largest absolute Gasteiger partial charge is 0.378 e. The summed E-state index contributed by atoms with van der Waals surface area (Å²) in [7, 11) is 1.63. The van der Waals surface area contributed by atoms with E-state index in [4.69, 9.17) is 4.74 Å². The Hall–Kier alpha value is -1.93. The number of carbonyl (C=O) groups is 1. The second-order valence-corrected chi connectivity index (χ2v) is 5.51. The molecule has 0 fully saturated rings. The highest BCUT2D eigenvalue weighted by molar-refractivity contribution is 5.97. The molecule has 0 radical (unpaired) electrons. The molecule has 0 amide bonds. The van der Waals surface area contributed by atoms with Crippen molar-refractivity contribution < 1.29 is 9.53 Å². The summed E-state index contributed by atoms with van der Waals surface area (Å²) in [6, 6.07) is 17.9. The molecule has 20 heavy (non-hydrogen) atoms. The molecule has 2 nitrogen and oxygen atoms in total. The van der Waals surface area contributed by atoms with E-state index in [1.165, 1.54) is 0 Å². The second-order valence-electron chi connectivity index (χ2n) is 5.51. The molecule has 0 aromatic heterocycles. The van der Waals surface area contributed by atoms with Crippen molar-refractivity contribution in [3.05, 3.63) is 60.2 Å². The Morgan fingerprint density at radius 1 is 0.950 bits per heavy atom. The van der Waals surface area contributed by atoms with Gasteiger partial charge in [0.25, 0.3) is 0 Å². The third-order valence-electron chi connectivity index (χ3n) is 3.45. The van der Waals surface area contributed by atoms with E-state index in [1.807, 2.05) is 56.3 Å². The van der Waals surface area contributed by atoms with Crippen LogP contribution in [0.2, 0.25) is 0 Å². The van der Waals surface area contributed by atoms with E-state index < -0.39 is 5.60 Å². The van der Waals surface area contributed by atoms with Gasteiger partial charge in [-0.25, -0.2) is 0 Å². The normalized spacial score (nSPS) is 11.3. The summed E-state index contributed by atoms with van der Waals surface area (Å²) in [4.78, 5) is 12.2. The van der Waals surface area contributed by atoms with E-state index in [2.05, 4.69) is 12.1 Å². The Labute approximate surface area is 120 Å². The van der Waals surface area contributed by atoms with Crippen molar-refractivity contribution in [3.63, 3.8) is 0 Å². The van der Waals surface area contributed by atoms with E-state index in [0.29, 0.717) is 6.42 Å². The lowest BCUT2D eigenvalue weighted by atomic mass is 9.96. The van der Waals surface area contributed by atoms with E-state index in [-0.39, 0.29) is 5.78 Å². The zero-order valence-corrected chi connectivity index (χ0v) is 12.2. The molecule has 0 N–H and O–H groups in total. The van der Waals surface area contributed by atoms with Gasteiger partial charge in [0.15, 0.2) is 5.78 Å². The predicted octanol–water partition coefficient (Wildman–Crippen LogP) is 4.35. The zero-order chi connectivity index (χ0) is 14.6. The summed E-state index contributed by atoms with van der Waals surface area (Å²) in [6.45, 7) is 3.84. The van der Waals surface area contributed by atoms with E-state index in [9.17, 15) is 4.79 Å². The molecule has 0 aliphatic heterocycles. The van der Waals surface area contributed by atoms with E-state index in [0.717, 1.165) is 16.7 Å². The van der Waals surface area contributed by atoms with Crippen LogP contribution in [0.15, 0.2) is 54.6 Å². The molecule has 0 unspecified atom stereocenters. The van der Waals surface area contributed by atoms with Crippen molar-refractivity contribution in [1.82, 2.24) is 0 Å². The fraction of sp³-hybridized carbons (Fsp3) is 0.278. The van der Waals surface area contributed by atoms with Crippen LogP contribution < -0.4 is 0 Å². The third kappa shape index (κ3) is 3.55. The van der Waals surface area contributed by atoms with Crippen LogP contribution in [0.1, 0.15) is 30.6 Å². The molecule has 2 rings (SSSR count). The molecule has 0 bridgehead atoms. The number of hydrogen-bond donors (Lipinski definition) is 0. The molecule has 0 spiro atoms. The van der Waals surface area contributed by atoms with Crippen LogP contribution in [0.5, 0.6) is 0 Å². The van der Waals surface area contributed by atoms with Crippen molar-refractivity contribution in [2.45, 2.75) is 25.9 Å². The summed E-state index contributed by atoms with van der Waals surface area (Å²) in [5.74, 6) is 0.108. The molecule has 0 aliphatic rings. The van der Waals surface area contributed by atoms with Gasteiger partial charge >= 0.3 is 0 Å². The Bertz CT molecular complexity index is 568. The van der Waals surface area contributed by atoms with Gasteiger partial charge in [-0.1, -0.05) is 54.6 Å². The number of Topliss-reactive ketones (excluding diaryl/α,β-unsaturated/α-hetero) is 1. The Morgan fingerprint density at radius 3 is 2.05 bits per heavy atom. The first kappa shape index (κ1) is 14.5. The standard InChI is InChI=1S/C18H20O2/c1-18(2,20-3)13-17(19)16-11-9-15(10-12-16)14-7-5-4-6-8-14/h4-12H,13H2,1-3H3. The summed E-state index contributed by atoms with van der Waals surface area (Å²) >= 11 is 0. The van der Waals surface area contributed by atoms with E-state index >= 15 is 0 Å². The van der Waals surface area contributed by atoms with Gasteiger partial charge < -0.3 is 4.74 Å². The van der Waals surface area contributed by atoms with Gasteiger partial charge in [0.1, 0.15) is 0 Å². The molecule has 2 aromatic rings. The first-order chi connectivity index (χ1) is 9.52. The second kappa shape index (κ2) is 6.02. The lowest BCUT2D eigenvalue weighted by Gasteiger charge is -2.21. The number of hydrogen-bond acceptors (Lipinski definition) is 2. The third-order valence-corrected chi connectivity index (χ3v) is 3.45. The SMILES string of the molecule is COC(C)(C)CC(=O)c1ccc(-c2ccccc2)cc1. The van der Waals surface area contributed by atoms with Gasteiger partial charge in [-0.15, -0.1) is 0 Å². The number of ether oxygens (including phenoxy) is 1. The molecule has 0 heterocycles. The maximum atomic E-state index is 12.2. The van der Waals surface area contributed by atoms with Crippen molar-refractivity contribution in [2.24, 2.45) is 0 Å². The number of ketones is 1. The molecule has 104 valence electrons. The van der Waals surface area contributed by atoms with Gasteiger partial charge in [-0.2, -0.15) is 0 Å². The Morgan fingerprint density at radius 2 is 1.50 bits per heavy atom. The summed E-state index contributed by atoms with van der Waals surface area (Å²) in [5.41, 5.74) is 2.58. The van der Waals surface area contributed by atoms with Crippen LogP contribution in [-0.2, 0) is 4.74 Å². The smallest absolute Gasteiger partial charge is 0.165 e. The van der Waals surface area contributed by atoms with Gasteiger partial charge in [0.05, 0.1) is 5.60 Å². The minimum atomic E-state index is -0.421. The topological polar surface area (TPSA) is 26.3 Å². The molecular weight excluding hydrogens is 248 g/mol. The van der Waals surface area contributed by atoms with Crippen molar-refractivity contribution in [1.29, 1.82) is 0 Å². The minimum absolute atomic E-state index is 0.108. The van der Waals surface area contributed by atoms with Crippen LogP contribution in [0.25, 0.3) is 11.1 Å². The number of rotatable bonds is 5.